The molecular formula is C85H166O17P2. The summed E-state index contributed by atoms with van der Waals surface area (Å²) in [6.07, 6.45) is 68.1. The fourth-order valence-electron chi connectivity index (χ4n) is 13.2. The lowest BCUT2D eigenvalue weighted by Crippen LogP contribution is -2.30. The van der Waals surface area contributed by atoms with Crippen LogP contribution in [0, 0.1) is 11.8 Å². The Morgan fingerprint density at radius 2 is 0.490 bits per heavy atom. The van der Waals surface area contributed by atoms with Gasteiger partial charge in [-0.05, 0) is 37.5 Å². The topological polar surface area (TPSA) is 237 Å². The molecule has 0 aromatic rings. The van der Waals surface area contributed by atoms with E-state index in [-0.39, 0.29) is 25.7 Å². The largest absolute Gasteiger partial charge is 0.472 e. The van der Waals surface area contributed by atoms with E-state index in [1.165, 1.54) is 263 Å². The van der Waals surface area contributed by atoms with Crippen LogP contribution in [0.25, 0.3) is 0 Å². The summed E-state index contributed by atoms with van der Waals surface area (Å²) in [5, 5.41) is 10.7. The fraction of sp³-hybridized carbons (Fsp3) is 0.953. The summed E-state index contributed by atoms with van der Waals surface area (Å²) < 4.78 is 68.9. The van der Waals surface area contributed by atoms with Crippen molar-refractivity contribution in [3.8, 4) is 0 Å². The Bertz CT molecular complexity index is 2000. The van der Waals surface area contributed by atoms with Crippen molar-refractivity contribution in [3.05, 3.63) is 0 Å². The summed E-state index contributed by atoms with van der Waals surface area (Å²) in [4.78, 5) is 73.2. The predicted molar refractivity (Wildman–Crippen MR) is 428 cm³/mol. The number of carbonyl (C=O) groups excluding carboxylic acids is 4. The molecule has 0 bridgehead atoms. The zero-order valence-electron chi connectivity index (χ0n) is 68.3. The molecule has 3 unspecified atom stereocenters. The number of hydrogen-bond donors (Lipinski definition) is 3. The Morgan fingerprint density at radius 3 is 0.731 bits per heavy atom. The summed E-state index contributed by atoms with van der Waals surface area (Å²) in [6.45, 7) is 9.65. The molecule has 0 aliphatic carbocycles. The molecule has 3 N–H and O–H groups in total. The van der Waals surface area contributed by atoms with Gasteiger partial charge in [0, 0.05) is 25.7 Å². The first-order valence-electron chi connectivity index (χ1n) is 44.0. The van der Waals surface area contributed by atoms with E-state index in [0.29, 0.717) is 25.7 Å². The molecule has 0 fully saturated rings. The molecule has 104 heavy (non-hydrogen) atoms. The lowest BCUT2D eigenvalue weighted by Gasteiger charge is -2.21. The highest BCUT2D eigenvalue weighted by atomic mass is 31.2. The van der Waals surface area contributed by atoms with Gasteiger partial charge in [-0.15, -0.1) is 0 Å². The molecule has 0 rings (SSSR count). The predicted octanol–water partition coefficient (Wildman–Crippen LogP) is 25.8. The summed E-state index contributed by atoms with van der Waals surface area (Å²) in [7, 11) is -9.93. The SMILES string of the molecule is CCCCCCCCCCCCCCCCCCCCCC(=O)O[C@H](COC(=O)CCCCCCCCCCCCCCCCCCCC)COP(=O)(O)OC[C@@H](O)COP(=O)(O)OC[C@@H](COC(=O)CCCCCCCCC(C)CC)OC(=O)CCCCCCCCCCCCCCCCC(C)C. The fourth-order valence-corrected chi connectivity index (χ4v) is 14.8. The standard InChI is InChI=1S/C85H166O17P2/c1-7-10-12-14-16-18-20-22-24-26-28-30-32-37-41-45-49-57-63-69-84(89)101-80(73-95-82(87)67-61-55-48-44-40-36-31-29-27-25-23-21-19-17-15-13-11-8-2)75-99-103(91,92)97-71-79(86)72-98-104(93,94)100-76-81(74-96-83(88)68-62-56-52-51-54-60-66-78(6)9-3)102-85(90)70-64-58-50-46-42-38-34-33-35-39-43-47-53-59-65-77(4)5/h77-81,86H,7-76H2,1-6H3,(H,91,92)(H,93,94)/t78?,79-,80-,81-/m1/s1. The third-order valence-corrected chi connectivity index (χ3v) is 22.2. The van der Waals surface area contributed by atoms with Gasteiger partial charge >= 0.3 is 39.5 Å². The van der Waals surface area contributed by atoms with Crippen molar-refractivity contribution in [2.75, 3.05) is 39.6 Å². The van der Waals surface area contributed by atoms with E-state index >= 15 is 0 Å². The highest BCUT2D eigenvalue weighted by Gasteiger charge is 2.30. The van der Waals surface area contributed by atoms with Crippen LogP contribution in [0.1, 0.15) is 452 Å². The number of rotatable bonds is 84. The van der Waals surface area contributed by atoms with Gasteiger partial charge in [0.25, 0.3) is 0 Å². The lowest BCUT2D eigenvalue weighted by atomic mass is 10.00. The van der Waals surface area contributed by atoms with E-state index in [9.17, 15) is 43.2 Å². The van der Waals surface area contributed by atoms with Crippen LogP contribution in [-0.2, 0) is 65.4 Å². The molecule has 0 saturated heterocycles. The molecule has 0 heterocycles. The maximum atomic E-state index is 13.1. The maximum absolute atomic E-state index is 13.1. The number of ether oxygens (including phenoxy) is 4. The molecule has 17 nitrogen and oxygen atoms in total. The van der Waals surface area contributed by atoms with Gasteiger partial charge in [-0.25, -0.2) is 9.13 Å². The number of carbonyl (C=O) groups is 4. The van der Waals surface area contributed by atoms with Crippen molar-refractivity contribution in [2.24, 2.45) is 11.8 Å². The van der Waals surface area contributed by atoms with Crippen LogP contribution in [-0.4, -0.2) is 96.7 Å². The molecule has 0 aliphatic heterocycles. The first-order chi connectivity index (χ1) is 50.4. The summed E-state index contributed by atoms with van der Waals surface area (Å²) >= 11 is 0. The minimum Gasteiger partial charge on any atom is -0.462 e. The molecule has 0 spiro atoms. The number of esters is 4. The minimum absolute atomic E-state index is 0.107. The number of unbranched alkanes of at least 4 members (excludes halogenated alkanes) is 53. The number of phosphoric ester groups is 2. The number of aliphatic hydroxyl groups excluding tert-OH is 1. The van der Waals surface area contributed by atoms with Gasteiger partial charge in [-0.2, -0.15) is 0 Å². The Morgan fingerprint density at radius 1 is 0.279 bits per heavy atom. The van der Waals surface area contributed by atoms with Gasteiger partial charge in [-0.1, -0.05) is 401 Å². The summed E-state index contributed by atoms with van der Waals surface area (Å²) in [5.74, 6) is -0.578. The molecule has 19 heteroatoms. The first kappa shape index (κ1) is 102. The smallest absolute Gasteiger partial charge is 0.462 e. The Labute approximate surface area is 638 Å². The Balaban J connectivity index is 5.24. The molecule has 0 aromatic carbocycles. The zero-order valence-corrected chi connectivity index (χ0v) is 70.1. The third kappa shape index (κ3) is 76.8. The van der Waals surface area contributed by atoms with Crippen LogP contribution in [0.5, 0.6) is 0 Å². The molecule has 6 atom stereocenters. The van der Waals surface area contributed by atoms with E-state index in [1.54, 1.807) is 0 Å². The molecule has 0 aliphatic rings. The highest BCUT2D eigenvalue weighted by molar-refractivity contribution is 7.47. The summed E-state index contributed by atoms with van der Waals surface area (Å²) in [5.41, 5.74) is 0. The quantitative estimate of drug-likeness (QED) is 0.0222. The molecule has 0 saturated carbocycles. The second kappa shape index (κ2) is 76.4. The van der Waals surface area contributed by atoms with Gasteiger partial charge in [-0.3, -0.25) is 37.3 Å². The molecule has 0 aromatic heterocycles. The van der Waals surface area contributed by atoms with Crippen LogP contribution >= 0.6 is 15.6 Å². The van der Waals surface area contributed by atoms with Crippen LogP contribution in [0.15, 0.2) is 0 Å². The van der Waals surface area contributed by atoms with Crippen molar-refractivity contribution in [3.63, 3.8) is 0 Å². The Kier molecular flexibility index (Phi) is 75.0. The van der Waals surface area contributed by atoms with Crippen molar-refractivity contribution >= 4 is 39.5 Å². The molecule has 0 radical (unpaired) electrons. The van der Waals surface area contributed by atoms with Gasteiger partial charge in [0.15, 0.2) is 12.2 Å². The second-order valence-corrected chi connectivity index (χ2v) is 34.2. The molecular weight excluding hydrogens is 1350 g/mol. The van der Waals surface area contributed by atoms with Crippen molar-refractivity contribution < 1.29 is 80.2 Å². The van der Waals surface area contributed by atoms with Crippen LogP contribution < -0.4 is 0 Å². The average molecular weight is 1520 g/mol. The number of hydrogen-bond acceptors (Lipinski definition) is 15. The maximum Gasteiger partial charge on any atom is 0.472 e. The number of aliphatic hydroxyl groups is 1. The van der Waals surface area contributed by atoms with Crippen molar-refractivity contribution in [1.82, 2.24) is 0 Å². The van der Waals surface area contributed by atoms with Gasteiger partial charge in [0.05, 0.1) is 26.4 Å². The van der Waals surface area contributed by atoms with E-state index in [0.717, 1.165) is 108 Å². The lowest BCUT2D eigenvalue weighted by molar-refractivity contribution is -0.161. The van der Waals surface area contributed by atoms with Gasteiger partial charge in [0.2, 0.25) is 0 Å². The minimum atomic E-state index is -4.96. The highest BCUT2D eigenvalue weighted by Crippen LogP contribution is 2.45. The van der Waals surface area contributed by atoms with E-state index < -0.39 is 97.5 Å². The first-order valence-corrected chi connectivity index (χ1v) is 47.0. The Hall–Kier alpha value is -1.94. The van der Waals surface area contributed by atoms with Gasteiger partial charge in [0.1, 0.15) is 19.3 Å². The second-order valence-electron chi connectivity index (χ2n) is 31.3. The number of phosphoric acid groups is 2. The van der Waals surface area contributed by atoms with Crippen LogP contribution in [0.3, 0.4) is 0 Å². The van der Waals surface area contributed by atoms with Crippen molar-refractivity contribution in [1.29, 1.82) is 0 Å². The zero-order chi connectivity index (χ0) is 76.4. The third-order valence-electron chi connectivity index (χ3n) is 20.3. The van der Waals surface area contributed by atoms with E-state index in [1.807, 2.05) is 0 Å². The summed E-state index contributed by atoms with van der Waals surface area (Å²) in [6, 6.07) is 0. The van der Waals surface area contributed by atoms with Crippen molar-refractivity contribution in [2.45, 2.75) is 471 Å². The van der Waals surface area contributed by atoms with E-state index in [2.05, 4.69) is 41.5 Å². The van der Waals surface area contributed by atoms with Gasteiger partial charge < -0.3 is 33.8 Å². The molecule has 618 valence electrons. The van der Waals surface area contributed by atoms with E-state index in [4.69, 9.17) is 37.0 Å². The normalized spacial score (nSPS) is 14.1. The average Bonchev–Trinajstić information content (AvgIpc) is 0.932. The van der Waals surface area contributed by atoms with Crippen LogP contribution in [0.2, 0.25) is 0 Å². The molecule has 0 amide bonds. The van der Waals surface area contributed by atoms with Crippen LogP contribution in [0.4, 0.5) is 0 Å². The monoisotopic (exact) mass is 1520 g/mol.